The van der Waals surface area contributed by atoms with Gasteiger partial charge in [0.2, 0.25) is 0 Å². The molecule has 1 heterocycles. The minimum absolute atomic E-state index is 0.0296. The van der Waals surface area contributed by atoms with Crippen LogP contribution in [0, 0.1) is 0 Å². The van der Waals surface area contributed by atoms with Crippen molar-refractivity contribution in [1.29, 1.82) is 0 Å². The number of hydrogen-bond acceptors (Lipinski definition) is 2. The highest BCUT2D eigenvalue weighted by atomic mass is 16.7. The summed E-state index contributed by atoms with van der Waals surface area (Å²) in [7, 11) is 0. The molecule has 0 atom stereocenters. The number of hydrogen-bond donors (Lipinski definition) is 0. The monoisotopic (exact) mass is 203 g/mol. The van der Waals surface area contributed by atoms with Crippen LogP contribution in [0.4, 0.5) is 0 Å². The Labute approximate surface area is 87.9 Å². The molecule has 1 aromatic heterocycles. The molecule has 2 rings (SSSR count). The van der Waals surface area contributed by atoms with Gasteiger partial charge in [0.05, 0.1) is 5.52 Å². The molecule has 0 saturated carbocycles. The van der Waals surface area contributed by atoms with Gasteiger partial charge in [-0.15, -0.1) is 0 Å². The van der Waals surface area contributed by atoms with E-state index in [1.54, 1.807) is 10.9 Å². The summed E-state index contributed by atoms with van der Waals surface area (Å²) in [5.41, 5.74) is 0.848. The number of nitrogens with zero attached hydrogens (tertiary/aromatic N) is 1. The summed E-state index contributed by atoms with van der Waals surface area (Å²) in [6, 6.07) is 8.97. The maximum absolute atomic E-state index is 11.5. The van der Waals surface area contributed by atoms with E-state index < -0.39 is 0 Å². The molecule has 1 aromatic carbocycles. The number of rotatable bonds is 3. The van der Waals surface area contributed by atoms with Crippen LogP contribution >= 0.6 is 0 Å². The Hall–Kier alpha value is -1.77. The Balaban J connectivity index is 2.56. The molecule has 0 aliphatic rings. The van der Waals surface area contributed by atoms with Crippen LogP contribution in [0.25, 0.3) is 10.9 Å². The molecule has 0 N–H and O–H groups in total. The maximum Gasteiger partial charge on any atom is 0.189 e. The molecule has 0 radical (unpaired) electrons. The first-order chi connectivity index (χ1) is 7.33. The van der Waals surface area contributed by atoms with Crippen LogP contribution in [0.5, 0.6) is 0 Å². The van der Waals surface area contributed by atoms with Crippen molar-refractivity contribution < 1.29 is 4.84 Å². The van der Waals surface area contributed by atoms with Gasteiger partial charge < -0.3 is 4.84 Å². The van der Waals surface area contributed by atoms with Crippen LogP contribution in [0.15, 0.2) is 41.3 Å². The third kappa shape index (κ3) is 1.86. The van der Waals surface area contributed by atoms with Crippen molar-refractivity contribution in [2.75, 3.05) is 6.61 Å². The molecular weight excluding hydrogens is 190 g/mol. The summed E-state index contributed by atoms with van der Waals surface area (Å²) in [6.07, 6.45) is 2.61. The number of fused-ring (bicyclic) bond motifs is 1. The average Bonchev–Trinajstić information content (AvgIpc) is 2.29. The highest BCUT2D eigenvalue weighted by Gasteiger charge is 2.01. The molecule has 0 fully saturated rings. The number of aromatic nitrogens is 1. The molecule has 78 valence electrons. The zero-order valence-electron chi connectivity index (χ0n) is 8.64. The van der Waals surface area contributed by atoms with E-state index in [1.165, 1.54) is 6.07 Å². The summed E-state index contributed by atoms with van der Waals surface area (Å²) in [5.74, 6) is 0. The molecule has 2 aromatic rings. The van der Waals surface area contributed by atoms with E-state index in [9.17, 15) is 4.79 Å². The molecule has 0 unspecified atom stereocenters. The predicted molar refractivity (Wildman–Crippen MR) is 59.9 cm³/mol. The Morgan fingerprint density at radius 3 is 2.87 bits per heavy atom. The predicted octanol–water partition coefficient (Wildman–Crippen LogP) is 1.84. The molecular formula is C12H13NO2. The second-order valence-corrected chi connectivity index (χ2v) is 3.36. The van der Waals surface area contributed by atoms with Gasteiger partial charge in [-0.05, 0) is 18.6 Å². The summed E-state index contributed by atoms with van der Waals surface area (Å²) in [6.45, 7) is 2.69. The van der Waals surface area contributed by atoms with Crippen molar-refractivity contribution in [2.24, 2.45) is 0 Å². The topological polar surface area (TPSA) is 31.2 Å². The fraction of sp³-hybridized carbons (Fsp3) is 0.250. The van der Waals surface area contributed by atoms with Crippen LogP contribution < -0.4 is 10.3 Å². The summed E-state index contributed by atoms with van der Waals surface area (Å²) >= 11 is 0. The molecule has 0 saturated heterocycles. The van der Waals surface area contributed by atoms with Crippen LogP contribution in [-0.4, -0.2) is 11.3 Å². The fourth-order valence-corrected chi connectivity index (χ4v) is 1.48. The molecule has 3 heteroatoms. The quantitative estimate of drug-likeness (QED) is 0.762. The first-order valence-corrected chi connectivity index (χ1v) is 5.06. The maximum atomic E-state index is 11.5. The van der Waals surface area contributed by atoms with E-state index >= 15 is 0 Å². The van der Waals surface area contributed by atoms with E-state index in [4.69, 9.17) is 4.84 Å². The van der Waals surface area contributed by atoms with Crippen molar-refractivity contribution >= 4 is 10.9 Å². The van der Waals surface area contributed by atoms with Gasteiger partial charge in [-0.2, -0.15) is 4.73 Å². The van der Waals surface area contributed by atoms with Gasteiger partial charge in [-0.25, -0.2) is 0 Å². The third-order valence-electron chi connectivity index (χ3n) is 2.20. The van der Waals surface area contributed by atoms with E-state index in [1.807, 2.05) is 31.2 Å². The van der Waals surface area contributed by atoms with E-state index in [-0.39, 0.29) is 5.43 Å². The molecule has 0 aliphatic carbocycles. The Kier molecular flexibility index (Phi) is 2.72. The van der Waals surface area contributed by atoms with Crippen LogP contribution in [0.3, 0.4) is 0 Å². The second kappa shape index (κ2) is 4.17. The fourth-order valence-electron chi connectivity index (χ4n) is 1.48. The third-order valence-corrected chi connectivity index (χ3v) is 2.20. The lowest BCUT2D eigenvalue weighted by molar-refractivity contribution is 0.119. The normalized spacial score (nSPS) is 10.5. The number of para-hydroxylation sites is 1. The van der Waals surface area contributed by atoms with Gasteiger partial charge in [0.25, 0.3) is 0 Å². The van der Waals surface area contributed by atoms with Gasteiger partial charge in [-0.3, -0.25) is 4.79 Å². The molecule has 0 spiro atoms. The minimum Gasteiger partial charge on any atom is -0.414 e. The first kappa shape index (κ1) is 9.77. The van der Waals surface area contributed by atoms with Gasteiger partial charge in [0.15, 0.2) is 5.43 Å². The summed E-state index contributed by atoms with van der Waals surface area (Å²) in [4.78, 5) is 17.0. The number of pyridine rings is 1. The zero-order chi connectivity index (χ0) is 10.7. The van der Waals surface area contributed by atoms with Crippen molar-refractivity contribution in [3.63, 3.8) is 0 Å². The highest BCUT2D eigenvalue weighted by Crippen LogP contribution is 2.07. The van der Waals surface area contributed by atoms with Gasteiger partial charge in [-0.1, -0.05) is 19.1 Å². The Bertz CT molecular complexity index is 516. The van der Waals surface area contributed by atoms with Gasteiger partial charge >= 0.3 is 0 Å². The van der Waals surface area contributed by atoms with E-state index in [2.05, 4.69) is 0 Å². The molecule has 0 bridgehead atoms. The molecule has 3 nitrogen and oxygen atoms in total. The Morgan fingerprint density at radius 1 is 1.27 bits per heavy atom. The van der Waals surface area contributed by atoms with Crippen molar-refractivity contribution in [3.05, 3.63) is 46.8 Å². The van der Waals surface area contributed by atoms with Crippen LogP contribution in [0.1, 0.15) is 13.3 Å². The molecule has 15 heavy (non-hydrogen) atoms. The van der Waals surface area contributed by atoms with Crippen molar-refractivity contribution in [2.45, 2.75) is 13.3 Å². The lowest BCUT2D eigenvalue weighted by Gasteiger charge is -2.10. The summed E-state index contributed by atoms with van der Waals surface area (Å²) in [5, 5.41) is 0.691. The first-order valence-electron chi connectivity index (χ1n) is 5.06. The largest absolute Gasteiger partial charge is 0.414 e. The zero-order valence-corrected chi connectivity index (χ0v) is 8.64. The minimum atomic E-state index is 0.0296. The lowest BCUT2D eigenvalue weighted by atomic mass is 10.2. The summed E-state index contributed by atoms with van der Waals surface area (Å²) < 4.78 is 1.65. The average molecular weight is 203 g/mol. The van der Waals surface area contributed by atoms with Crippen LogP contribution in [-0.2, 0) is 0 Å². The molecule has 0 amide bonds. The Morgan fingerprint density at radius 2 is 2.07 bits per heavy atom. The SMILES string of the molecule is CCCOn1ccc(=O)c2ccccc21. The van der Waals surface area contributed by atoms with Crippen molar-refractivity contribution in [1.82, 2.24) is 4.73 Å². The standard InChI is InChI=1S/C12H13NO2/c1-2-9-15-13-8-7-12(14)10-5-3-4-6-11(10)13/h3-8H,2,9H2,1H3. The second-order valence-electron chi connectivity index (χ2n) is 3.36. The van der Waals surface area contributed by atoms with Gasteiger partial charge in [0.1, 0.15) is 6.61 Å². The lowest BCUT2D eigenvalue weighted by Crippen LogP contribution is -2.16. The highest BCUT2D eigenvalue weighted by molar-refractivity contribution is 5.78. The number of benzene rings is 1. The smallest absolute Gasteiger partial charge is 0.189 e. The van der Waals surface area contributed by atoms with E-state index in [0.29, 0.717) is 12.0 Å². The van der Waals surface area contributed by atoms with Gasteiger partial charge in [0, 0.05) is 17.6 Å². The van der Waals surface area contributed by atoms with E-state index in [0.717, 1.165) is 11.9 Å². The van der Waals surface area contributed by atoms with Crippen molar-refractivity contribution in [3.8, 4) is 0 Å². The molecule has 0 aliphatic heterocycles. The van der Waals surface area contributed by atoms with Crippen LogP contribution in [0.2, 0.25) is 0 Å².